The molecule has 0 amide bonds. The zero-order valence-electron chi connectivity index (χ0n) is 7.96. The second kappa shape index (κ2) is 3.33. The van der Waals surface area contributed by atoms with Crippen LogP contribution in [-0.4, -0.2) is 15.1 Å². The first-order valence-electron chi connectivity index (χ1n) is 4.26. The number of aromatic nitrogens is 2. The van der Waals surface area contributed by atoms with Crippen molar-refractivity contribution in [3.63, 3.8) is 0 Å². The first kappa shape index (κ1) is 9.06. The molecule has 0 aliphatic carbocycles. The number of imidazole rings is 1. The highest BCUT2D eigenvalue weighted by atomic mass is 32.1. The standard InChI is InChI=1S/C10H9N3S/c1-6-8(11-5-14)3-4-9-10(6)13-7(2)12-9/h3-4H,1-2H3,(H,12,13). The minimum absolute atomic E-state index is 0.832. The molecular weight excluding hydrogens is 194 g/mol. The third-order valence-corrected chi connectivity index (χ3v) is 2.25. The first-order valence-corrected chi connectivity index (χ1v) is 4.67. The Balaban J connectivity index is 2.79. The summed E-state index contributed by atoms with van der Waals surface area (Å²) in [7, 11) is 0. The van der Waals surface area contributed by atoms with Gasteiger partial charge in [0.15, 0.2) is 0 Å². The number of nitrogens with one attached hydrogen (secondary N) is 1. The van der Waals surface area contributed by atoms with Crippen LogP contribution in [0.3, 0.4) is 0 Å². The quantitative estimate of drug-likeness (QED) is 0.572. The van der Waals surface area contributed by atoms with E-state index in [0.29, 0.717) is 0 Å². The second-order valence-electron chi connectivity index (χ2n) is 3.13. The van der Waals surface area contributed by atoms with Gasteiger partial charge in [0.25, 0.3) is 0 Å². The number of aliphatic imine (C=N–C) groups is 1. The Labute approximate surface area is 86.9 Å². The van der Waals surface area contributed by atoms with Crippen molar-refractivity contribution in [3.05, 3.63) is 23.5 Å². The van der Waals surface area contributed by atoms with Crippen LogP contribution in [0, 0.1) is 13.8 Å². The number of nitrogens with zero attached hydrogens (tertiary/aromatic N) is 2. The van der Waals surface area contributed by atoms with Gasteiger partial charge in [-0.3, -0.25) is 0 Å². The summed E-state index contributed by atoms with van der Waals surface area (Å²) >= 11 is 4.58. The van der Waals surface area contributed by atoms with Gasteiger partial charge in [0, 0.05) is 5.56 Å². The topological polar surface area (TPSA) is 41.0 Å². The van der Waals surface area contributed by atoms with E-state index in [9.17, 15) is 0 Å². The van der Waals surface area contributed by atoms with E-state index in [-0.39, 0.29) is 0 Å². The maximum atomic E-state index is 4.58. The van der Waals surface area contributed by atoms with Gasteiger partial charge in [0.1, 0.15) is 5.82 Å². The molecule has 1 aromatic carbocycles. The van der Waals surface area contributed by atoms with Crippen LogP contribution < -0.4 is 0 Å². The molecule has 0 unspecified atom stereocenters. The molecule has 2 aromatic rings. The van der Waals surface area contributed by atoms with E-state index in [0.717, 1.165) is 28.1 Å². The van der Waals surface area contributed by atoms with Crippen LogP contribution in [0.5, 0.6) is 0 Å². The summed E-state index contributed by atoms with van der Waals surface area (Å²) in [6, 6.07) is 3.86. The van der Waals surface area contributed by atoms with Gasteiger partial charge in [-0.05, 0) is 38.2 Å². The Morgan fingerprint density at radius 2 is 2.21 bits per heavy atom. The Morgan fingerprint density at radius 3 is 2.93 bits per heavy atom. The van der Waals surface area contributed by atoms with E-state index < -0.39 is 0 Å². The molecule has 0 atom stereocenters. The third kappa shape index (κ3) is 1.35. The van der Waals surface area contributed by atoms with Crippen LogP contribution in [0.1, 0.15) is 11.4 Å². The van der Waals surface area contributed by atoms with Crippen LogP contribution in [-0.2, 0) is 0 Å². The molecule has 1 aromatic heterocycles. The molecule has 14 heavy (non-hydrogen) atoms. The highest BCUT2D eigenvalue weighted by molar-refractivity contribution is 7.78. The smallest absolute Gasteiger partial charge is 0.104 e. The molecule has 0 aliphatic rings. The van der Waals surface area contributed by atoms with Gasteiger partial charge in [-0.1, -0.05) is 0 Å². The van der Waals surface area contributed by atoms with E-state index >= 15 is 0 Å². The number of aryl methyl sites for hydroxylation is 2. The molecule has 1 N–H and O–H groups in total. The molecule has 70 valence electrons. The SMILES string of the molecule is Cc1nc2c(C)c(N=C=S)ccc2[nH]1. The van der Waals surface area contributed by atoms with E-state index in [2.05, 4.69) is 32.3 Å². The molecule has 2 rings (SSSR count). The number of hydrogen-bond donors (Lipinski definition) is 1. The summed E-state index contributed by atoms with van der Waals surface area (Å²) in [5, 5.41) is 2.37. The Hall–Kier alpha value is -1.51. The van der Waals surface area contributed by atoms with Crippen molar-refractivity contribution in [3.8, 4) is 0 Å². The molecule has 0 fully saturated rings. The summed E-state index contributed by atoms with van der Waals surface area (Å²) in [4.78, 5) is 11.5. The lowest BCUT2D eigenvalue weighted by atomic mass is 10.1. The van der Waals surface area contributed by atoms with E-state index in [1.165, 1.54) is 0 Å². The summed E-state index contributed by atoms with van der Waals surface area (Å²) in [5.41, 5.74) is 3.85. The minimum atomic E-state index is 0.832. The lowest BCUT2D eigenvalue weighted by Gasteiger charge is -1.97. The van der Waals surface area contributed by atoms with E-state index in [1.54, 1.807) is 0 Å². The highest BCUT2D eigenvalue weighted by Crippen LogP contribution is 2.25. The van der Waals surface area contributed by atoms with Crippen molar-refractivity contribution in [2.24, 2.45) is 4.99 Å². The lowest BCUT2D eigenvalue weighted by molar-refractivity contribution is 1.17. The van der Waals surface area contributed by atoms with Crippen LogP contribution in [0.25, 0.3) is 11.0 Å². The summed E-state index contributed by atoms with van der Waals surface area (Å²) in [5.74, 6) is 0.909. The van der Waals surface area contributed by atoms with Crippen LogP contribution in [0.15, 0.2) is 17.1 Å². The van der Waals surface area contributed by atoms with Gasteiger partial charge >= 0.3 is 0 Å². The number of benzene rings is 1. The molecule has 0 spiro atoms. The Kier molecular flexibility index (Phi) is 2.15. The van der Waals surface area contributed by atoms with Gasteiger partial charge < -0.3 is 4.98 Å². The van der Waals surface area contributed by atoms with Crippen LogP contribution in [0.2, 0.25) is 0 Å². The Bertz CT molecular complexity index is 536. The summed E-state index contributed by atoms with van der Waals surface area (Å²) < 4.78 is 0. The fraction of sp³-hybridized carbons (Fsp3) is 0.200. The summed E-state index contributed by atoms with van der Waals surface area (Å²) in [6.07, 6.45) is 0. The van der Waals surface area contributed by atoms with Crippen molar-refractivity contribution in [2.45, 2.75) is 13.8 Å². The zero-order chi connectivity index (χ0) is 10.1. The molecule has 0 radical (unpaired) electrons. The normalized spacial score (nSPS) is 10.1. The average molecular weight is 203 g/mol. The van der Waals surface area contributed by atoms with Gasteiger partial charge in [-0.2, -0.15) is 4.99 Å². The molecular formula is C10H9N3S. The van der Waals surface area contributed by atoms with Crippen LogP contribution >= 0.6 is 12.2 Å². The van der Waals surface area contributed by atoms with Crippen molar-refractivity contribution < 1.29 is 0 Å². The molecule has 0 bridgehead atoms. The highest BCUT2D eigenvalue weighted by Gasteiger charge is 2.05. The predicted molar refractivity (Wildman–Crippen MR) is 60.3 cm³/mol. The number of fused-ring (bicyclic) bond motifs is 1. The van der Waals surface area contributed by atoms with Gasteiger partial charge in [0.05, 0.1) is 21.9 Å². The number of isothiocyanates is 1. The third-order valence-electron chi connectivity index (χ3n) is 2.16. The fourth-order valence-electron chi connectivity index (χ4n) is 1.50. The number of thiocarbonyl (C=S) groups is 1. The molecule has 3 nitrogen and oxygen atoms in total. The molecule has 0 saturated carbocycles. The molecule has 0 saturated heterocycles. The number of hydrogen-bond acceptors (Lipinski definition) is 3. The summed E-state index contributed by atoms with van der Waals surface area (Å²) in [6.45, 7) is 3.91. The van der Waals surface area contributed by atoms with Gasteiger partial charge in [0.2, 0.25) is 0 Å². The second-order valence-corrected chi connectivity index (χ2v) is 3.31. The number of aromatic amines is 1. The Morgan fingerprint density at radius 1 is 1.43 bits per heavy atom. The van der Waals surface area contributed by atoms with E-state index in [1.807, 2.05) is 26.0 Å². The van der Waals surface area contributed by atoms with Gasteiger partial charge in [-0.15, -0.1) is 0 Å². The van der Waals surface area contributed by atoms with Gasteiger partial charge in [-0.25, -0.2) is 4.98 Å². The number of H-pyrrole nitrogens is 1. The molecule has 1 heterocycles. The maximum absolute atomic E-state index is 4.58. The van der Waals surface area contributed by atoms with Crippen LogP contribution in [0.4, 0.5) is 5.69 Å². The minimum Gasteiger partial charge on any atom is -0.342 e. The fourth-order valence-corrected chi connectivity index (χ4v) is 1.59. The van der Waals surface area contributed by atoms with Crippen molar-refractivity contribution in [2.75, 3.05) is 0 Å². The maximum Gasteiger partial charge on any atom is 0.104 e. The largest absolute Gasteiger partial charge is 0.342 e. The van der Waals surface area contributed by atoms with Crippen molar-refractivity contribution >= 4 is 34.1 Å². The molecule has 4 heteroatoms. The van der Waals surface area contributed by atoms with Crippen molar-refractivity contribution in [1.29, 1.82) is 0 Å². The van der Waals surface area contributed by atoms with E-state index in [4.69, 9.17) is 0 Å². The first-order chi connectivity index (χ1) is 6.72. The van der Waals surface area contributed by atoms with Crippen molar-refractivity contribution in [1.82, 2.24) is 9.97 Å². The number of rotatable bonds is 1. The lowest BCUT2D eigenvalue weighted by Crippen LogP contribution is -1.78. The molecule has 0 aliphatic heterocycles. The predicted octanol–water partition coefficient (Wildman–Crippen LogP) is 2.91. The monoisotopic (exact) mass is 203 g/mol. The zero-order valence-corrected chi connectivity index (χ0v) is 8.77. The average Bonchev–Trinajstić information content (AvgIpc) is 2.52.